The zero-order valence-electron chi connectivity index (χ0n) is 9.26. The summed E-state index contributed by atoms with van der Waals surface area (Å²) < 4.78 is 1.15. The van der Waals surface area contributed by atoms with Crippen LogP contribution in [-0.2, 0) is 0 Å². The van der Waals surface area contributed by atoms with Crippen molar-refractivity contribution in [3.8, 4) is 0 Å². The molecule has 2 N–H and O–H groups in total. The summed E-state index contributed by atoms with van der Waals surface area (Å²) in [5, 5.41) is 12.1. The van der Waals surface area contributed by atoms with Crippen molar-refractivity contribution >= 4 is 15.9 Å². The molecule has 2 nitrogen and oxygen atoms in total. The molecule has 1 atom stereocenters. The Morgan fingerprint density at radius 3 is 2.80 bits per heavy atom. The van der Waals surface area contributed by atoms with Crippen LogP contribution in [0.4, 0.5) is 0 Å². The predicted molar refractivity (Wildman–Crippen MR) is 67.0 cm³/mol. The number of halogens is 1. The Bertz CT molecular complexity index is 314. The maximum absolute atomic E-state index is 8.68. The molecule has 0 bridgehead atoms. The van der Waals surface area contributed by atoms with Crippen molar-refractivity contribution in [1.29, 1.82) is 0 Å². The van der Waals surface area contributed by atoms with Gasteiger partial charge in [-0.2, -0.15) is 0 Å². The summed E-state index contributed by atoms with van der Waals surface area (Å²) in [7, 11) is 0. The molecule has 0 saturated carbocycles. The number of aliphatic hydroxyl groups is 1. The number of hydrogen-bond donors (Lipinski definition) is 2. The second-order valence-corrected chi connectivity index (χ2v) is 4.62. The maximum atomic E-state index is 8.68. The van der Waals surface area contributed by atoms with Gasteiger partial charge in [-0.15, -0.1) is 0 Å². The molecule has 0 aliphatic heterocycles. The summed E-state index contributed by atoms with van der Waals surface area (Å²) in [6.07, 6.45) is 0.805. The Labute approximate surface area is 99.8 Å². The number of aliphatic hydroxyl groups excluding tert-OH is 1. The van der Waals surface area contributed by atoms with Crippen LogP contribution in [0, 0.1) is 6.92 Å². The first-order chi connectivity index (χ1) is 7.15. The predicted octanol–water partition coefficient (Wildman–Crippen LogP) is 2.79. The molecule has 0 aliphatic rings. The van der Waals surface area contributed by atoms with Crippen molar-refractivity contribution < 1.29 is 5.11 Å². The summed E-state index contributed by atoms with van der Waals surface area (Å²) in [6, 6.07) is 6.71. The lowest BCUT2D eigenvalue weighted by Gasteiger charge is -2.14. The van der Waals surface area contributed by atoms with Gasteiger partial charge in [-0.25, -0.2) is 0 Å². The van der Waals surface area contributed by atoms with E-state index in [-0.39, 0.29) is 6.61 Å². The van der Waals surface area contributed by atoms with E-state index in [1.807, 2.05) is 0 Å². The van der Waals surface area contributed by atoms with Crippen LogP contribution in [0.5, 0.6) is 0 Å². The van der Waals surface area contributed by atoms with E-state index in [1.54, 1.807) is 0 Å². The van der Waals surface area contributed by atoms with Crippen LogP contribution in [0.3, 0.4) is 0 Å². The standard InChI is InChI=1S/C12H18BrNO/c1-9-8-11(4-5-12(9)13)10(2)14-6-3-7-15/h4-5,8,10,14-15H,3,6-7H2,1-2H3/t10-/m1/s1. The van der Waals surface area contributed by atoms with Crippen LogP contribution in [0.15, 0.2) is 22.7 Å². The Kier molecular flexibility index (Phi) is 5.29. The normalized spacial score (nSPS) is 12.8. The Balaban J connectivity index is 2.57. The number of nitrogens with one attached hydrogen (secondary N) is 1. The fraction of sp³-hybridized carbons (Fsp3) is 0.500. The molecule has 0 fully saturated rings. The summed E-state index contributed by atoms with van der Waals surface area (Å²) in [5.74, 6) is 0. The lowest BCUT2D eigenvalue weighted by atomic mass is 10.1. The summed E-state index contributed by atoms with van der Waals surface area (Å²) in [6.45, 7) is 5.33. The molecule has 3 heteroatoms. The third-order valence-corrected chi connectivity index (χ3v) is 3.36. The molecular formula is C12H18BrNO. The summed E-state index contributed by atoms with van der Waals surface area (Å²) >= 11 is 3.49. The smallest absolute Gasteiger partial charge is 0.0443 e. The molecule has 1 rings (SSSR count). The molecule has 0 saturated heterocycles. The first kappa shape index (κ1) is 12.7. The monoisotopic (exact) mass is 271 g/mol. The summed E-state index contributed by atoms with van der Waals surface area (Å²) in [4.78, 5) is 0. The number of aryl methyl sites for hydroxylation is 1. The van der Waals surface area contributed by atoms with E-state index in [0.29, 0.717) is 6.04 Å². The van der Waals surface area contributed by atoms with Crippen LogP contribution in [0.1, 0.15) is 30.5 Å². The van der Waals surface area contributed by atoms with Gasteiger partial charge in [0.05, 0.1) is 0 Å². The average molecular weight is 272 g/mol. The zero-order valence-corrected chi connectivity index (χ0v) is 10.8. The highest BCUT2D eigenvalue weighted by molar-refractivity contribution is 9.10. The van der Waals surface area contributed by atoms with Crippen molar-refractivity contribution in [2.75, 3.05) is 13.2 Å². The molecule has 15 heavy (non-hydrogen) atoms. The molecule has 0 radical (unpaired) electrons. The molecule has 0 amide bonds. The van der Waals surface area contributed by atoms with Gasteiger partial charge in [0.15, 0.2) is 0 Å². The average Bonchev–Trinajstić information content (AvgIpc) is 2.22. The Hall–Kier alpha value is -0.380. The lowest BCUT2D eigenvalue weighted by molar-refractivity contribution is 0.284. The maximum Gasteiger partial charge on any atom is 0.0443 e. The van der Waals surface area contributed by atoms with Gasteiger partial charge in [0.1, 0.15) is 0 Å². The number of rotatable bonds is 5. The van der Waals surface area contributed by atoms with Crippen molar-refractivity contribution in [1.82, 2.24) is 5.32 Å². The van der Waals surface area contributed by atoms with Gasteiger partial charge in [-0.05, 0) is 44.0 Å². The van der Waals surface area contributed by atoms with Crippen LogP contribution in [-0.4, -0.2) is 18.3 Å². The minimum atomic E-state index is 0.249. The molecule has 0 unspecified atom stereocenters. The topological polar surface area (TPSA) is 32.3 Å². The van der Waals surface area contributed by atoms with E-state index in [9.17, 15) is 0 Å². The molecule has 0 aromatic heterocycles. The van der Waals surface area contributed by atoms with Crippen LogP contribution >= 0.6 is 15.9 Å². The second kappa shape index (κ2) is 6.26. The Morgan fingerprint density at radius 2 is 2.20 bits per heavy atom. The van der Waals surface area contributed by atoms with Crippen LogP contribution in [0.25, 0.3) is 0 Å². The van der Waals surface area contributed by atoms with E-state index < -0.39 is 0 Å². The zero-order chi connectivity index (χ0) is 11.3. The number of benzene rings is 1. The first-order valence-electron chi connectivity index (χ1n) is 5.25. The van der Waals surface area contributed by atoms with Gasteiger partial charge in [0.2, 0.25) is 0 Å². The van der Waals surface area contributed by atoms with E-state index in [2.05, 4.69) is 53.3 Å². The van der Waals surface area contributed by atoms with Gasteiger partial charge < -0.3 is 10.4 Å². The van der Waals surface area contributed by atoms with Crippen LogP contribution in [0.2, 0.25) is 0 Å². The second-order valence-electron chi connectivity index (χ2n) is 3.76. The fourth-order valence-electron chi connectivity index (χ4n) is 1.45. The van der Waals surface area contributed by atoms with E-state index >= 15 is 0 Å². The van der Waals surface area contributed by atoms with E-state index in [1.165, 1.54) is 11.1 Å². The highest BCUT2D eigenvalue weighted by atomic mass is 79.9. The molecule has 84 valence electrons. The van der Waals surface area contributed by atoms with E-state index in [0.717, 1.165) is 17.4 Å². The van der Waals surface area contributed by atoms with Crippen molar-refractivity contribution in [2.45, 2.75) is 26.3 Å². The quantitative estimate of drug-likeness (QED) is 0.808. The SMILES string of the molecule is Cc1cc([C@@H](C)NCCCO)ccc1Br. The Morgan fingerprint density at radius 1 is 1.47 bits per heavy atom. The van der Waals surface area contributed by atoms with Crippen molar-refractivity contribution in [3.63, 3.8) is 0 Å². The minimum Gasteiger partial charge on any atom is -0.396 e. The minimum absolute atomic E-state index is 0.249. The molecule has 1 aromatic carbocycles. The van der Waals surface area contributed by atoms with Crippen molar-refractivity contribution in [2.24, 2.45) is 0 Å². The van der Waals surface area contributed by atoms with Gasteiger partial charge >= 0.3 is 0 Å². The number of hydrogen-bond acceptors (Lipinski definition) is 2. The fourth-order valence-corrected chi connectivity index (χ4v) is 1.70. The van der Waals surface area contributed by atoms with E-state index in [4.69, 9.17) is 5.11 Å². The summed E-state index contributed by atoms with van der Waals surface area (Å²) in [5.41, 5.74) is 2.54. The molecule has 0 spiro atoms. The molecule has 1 aromatic rings. The first-order valence-corrected chi connectivity index (χ1v) is 6.04. The molecule has 0 aliphatic carbocycles. The highest BCUT2D eigenvalue weighted by Crippen LogP contribution is 2.20. The molecule has 0 heterocycles. The van der Waals surface area contributed by atoms with Gasteiger partial charge in [-0.3, -0.25) is 0 Å². The van der Waals surface area contributed by atoms with Gasteiger partial charge in [-0.1, -0.05) is 28.1 Å². The third kappa shape index (κ3) is 3.93. The van der Waals surface area contributed by atoms with Gasteiger partial charge in [0, 0.05) is 17.1 Å². The molecular weight excluding hydrogens is 254 g/mol. The largest absolute Gasteiger partial charge is 0.396 e. The highest BCUT2D eigenvalue weighted by Gasteiger charge is 2.05. The third-order valence-electron chi connectivity index (χ3n) is 2.47. The van der Waals surface area contributed by atoms with Gasteiger partial charge in [0.25, 0.3) is 0 Å². The van der Waals surface area contributed by atoms with Crippen LogP contribution < -0.4 is 5.32 Å². The lowest BCUT2D eigenvalue weighted by Crippen LogP contribution is -2.20. The van der Waals surface area contributed by atoms with Crippen molar-refractivity contribution in [3.05, 3.63) is 33.8 Å².